The Kier molecular flexibility index (Phi) is 4.63. The standard InChI is InChI=1S/C19H22N4O3/c1-10-7-12(3)16(8-11(10)2)22-21-15-6-5-13(4)23-17(15)20-9-14(18(23)24)19(25)26/h7-9,13,22H,5-6H2,1-4H3,(H,25,26)/b21-15+. The first-order chi connectivity index (χ1) is 12.3. The lowest BCUT2D eigenvalue weighted by Gasteiger charge is -2.25. The monoisotopic (exact) mass is 354 g/mol. The van der Waals surface area contributed by atoms with Gasteiger partial charge in [0.25, 0.3) is 5.56 Å². The zero-order chi connectivity index (χ0) is 19.0. The van der Waals surface area contributed by atoms with Crippen molar-refractivity contribution in [2.45, 2.75) is 46.6 Å². The quantitative estimate of drug-likeness (QED) is 0.826. The summed E-state index contributed by atoms with van der Waals surface area (Å²) in [6.45, 7) is 8.00. The Morgan fingerprint density at radius 2 is 1.96 bits per heavy atom. The first-order valence-electron chi connectivity index (χ1n) is 8.55. The van der Waals surface area contributed by atoms with E-state index in [4.69, 9.17) is 5.11 Å². The van der Waals surface area contributed by atoms with Crippen LogP contribution in [0.25, 0.3) is 0 Å². The molecule has 0 saturated heterocycles. The molecule has 7 nitrogen and oxygen atoms in total. The lowest BCUT2D eigenvalue weighted by atomic mass is 10.0. The highest BCUT2D eigenvalue weighted by Crippen LogP contribution is 2.24. The summed E-state index contributed by atoms with van der Waals surface area (Å²) in [4.78, 5) is 27.9. The molecule has 1 aliphatic rings. The molecule has 0 fully saturated rings. The topological polar surface area (TPSA) is 96.6 Å². The van der Waals surface area contributed by atoms with Crippen LogP contribution in [0.3, 0.4) is 0 Å². The molecular weight excluding hydrogens is 332 g/mol. The molecule has 7 heteroatoms. The summed E-state index contributed by atoms with van der Waals surface area (Å²) >= 11 is 0. The van der Waals surface area contributed by atoms with Crippen molar-refractivity contribution in [3.63, 3.8) is 0 Å². The minimum absolute atomic E-state index is 0.119. The molecule has 0 spiro atoms. The summed E-state index contributed by atoms with van der Waals surface area (Å²) in [7, 11) is 0. The van der Waals surface area contributed by atoms with Gasteiger partial charge in [-0.3, -0.25) is 14.8 Å². The van der Waals surface area contributed by atoms with E-state index in [1.807, 2.05) is 26.8 Å². The van der Waals surface area contributed by atoms with Crippen LogP contribution in [0.15, 0.2) is 28.2 Å². The fraction of sp³-hybridized carbons (Fsp3) is 0.368. The number of benzene rings is 1. The maximum atomic E-state index is 12.5. The van der Waals surface area contributed by atoms with Gasteiger partial charge in [0.15, 0.2) is 5.82 Å². The number of carboxylic acids is 1. The van der Waals surface area contributed by atoms with E-state index in [1.165, 1.54) is 10.1 Å². The van der Waals surface area contributed by atoms with Crippen molar-refractivity contribution in [2.75, 3.05) is 5.43 Å². The molecule has 1 aromatic carbocycles. The van der Waals surface area contributed by atoms with Crippen LogP contribution < -0.4 is 11.0 Å². The number of aryl methyl sites for hydroxylation is 3. The number of carbonyl (C=O) groups is 1. The van der Waals surface area contributed by atoms with Gasteiger partial charge in [0.2, 0.25) is 0 Å². The molecule has 1 aliphatic heterocycles. The number of nitrogens with zero attached hydrogens (tertiary/aromatic N) is 3. The Labute approximate surface area is 151 Å². The van der Waals surface area contributed by atoms with Crippen LogP contribution in [0.4, 0.5) is 5.69 Å². The van der Waals surface area contributed by atoms with Crippen molar-refractivity contribution in [1.29, 1.82) is 0 Å². The molecule has 1 aromatic heterocycles. The van der Waals surface area contributed by atoms with Crippen molar-refractivity contribution in [3.8, 4) is 0 Å². The smallest absolute Gasteiger partial charge is 0.342 e. The number of hydrogen-bond acceptors (Lipinski definition) is 5. The molecule has 2 aromatic rings. The van der Waals surface area contributed by atoms with Gasteiger partial charge < -0.3 is 5.11 Å². The normalized spacial score (nSPS) is 17.8. The molecule has 1 atom stereocenters. The number of aromatic carboxylic acids is 1. The second-order valence-corrected chi connectivity index (χ2v) is 6.79. The second kappa shape index (κ2) is 6.74. The van der Waals surface area contributed by atoms with E-state index >= 15 is 0 Å². The van der Waals surface area contributed by atoms with Crippen molar-refractivity contribution in [2.24, 2.45) is 5.10 Å². The van der Waals surface area contributed by atoms with Crippen LogP contribution in [0.1, 0.15) is 58.7 Å². The third-order valence-corrected chi connectivity index (χ3v) is 4.87. The van der Waals surface area contributed by atoms with Gasteiger partial charge in [-0.15, -0.1) is 0 Å². The predicted octanol–water partition coefficient (Wildman–Crippen LogP) is 3.04. The fourth-order valence-corrected chi connectivity index (χ4v) is 3.14. The van der Waals surface area contributed by atoms with Gasteiger partial charge in [0.05, 0.1) is 5.69 Å². The highest BCUT2D eigenvalue weighted by atomic mass is 16.4. The number of hydrazone groups is 1. The van der Waals surface area contributed by atoms with Crippen molar-refractivity contribution < 1.29 is 9.90 Å². The Hall–Kier alpha value is -2.96. The van der Waals surface area contributed by atoms with Gasteiger partial charge in [-0.25, -0.2) is 9.78 Å². The van der Waals surface area contributed by atoms with Gasteiger partial charge in [-0.05, 0) is 63.3 Å². The largest absolute Gasteiger partial charge is 0.477 e. The molecule has 0 radical (unpaired) electrons. The maximum Gasteiger partial charge on any atom is 0.342 e. The Balaban J connectivity index is 2.02. The molecule has 26 heavy (non-hydrogen) atoms. The summed E-state index contributed by atoms with van der Waals surface area (Å²) in [5, 5.41) is 13.6. The lowest BCUT2D eigenvalue weighted by Crippen LogP contribution is -2.37. The maximum absolute atomic E-state index is 12.5. The first-order valence-corrected chi connectivity index (χ1v) is 8.55. The van der Waals surface area contributed by atoms with E-state index in [0.717, 1.165) is 23.0 Å². The highest BCUT2D eigenvalue weighted by Gasteiger charge is 2.26. The van der Waals surface area contributed by atoms with Crippen LogP contribution in [0.5, 0.6) is 0 Å². The van der Waals surface area contributed by atoms with Crippen LogP contribution >= 0.6 is 0 Å². The summed E-state index contributed by atoms with van der Waals surface area (Å²) in [5.41, 5.74) is 7.22. The van der Waals surface area contributed by atoms with Crippen LogP contribution in [-0.2, 0) is 0 Å². The third-order valence-electron chi connectivity index (χ3n) is 4.87. The summed E-state index contributed by atoms with van der Waals surface area (Å²) < 4.78 is 1.43. The van der Waals surface area contributed by atoms with Gasteiger partial charge in [-0.1, -0.05) is 6.07 Å². The molecule has 3 rings (SSSR count). The minimum Gasteiger partial charge on any atom is -0.477 e. The Morgan fingerprint density at radius 3 is 2.65 bits per heavy atom. The minimum atomic E-state index is -1.27. The average Bonchev–Trinajstić information content (AvgIpc) is 2.58. The van der Waals surface area contributed by atoms with E-state index < -0.39 is 11.5 Å². The van der Waals surface area contributed by atoms with E-state index in [-0.39, 0.29) is 11.6 Å². The van der Waals surface area contributed by atoms with E-state index in [1.54, 1.807) is 0 Å². The zero-order valence-electron chi connectivity index (χ0n) is 15.3. The SMILES string of the molecule is Cc1cc(C)c(N/N=C2\CCC(C)n3c2ncc(C(=O)O)c3=O)cc1C. The molecule has 2 N–H and O–H groups in total. The number of carboxylic acid groups (broad SMARTS) is 1. The number of hydrogen-bond donors (Lipinski definition) is 2. The van der Waals surface area contributed by atoms with Crippen LogP contribution in [0.2, 0.25) is 0 Å². The van der Waals surface area contributed by atoms with Gasteiger partial charge in [-0.2, -0.15) is 5.10 Å². The molecule has 0 bridgehead atoms. The first kappa shape index (κ1) is 17.8. The Bertz CT molecular complexity index is 975. The molecule has 1 unspecified atom stereocenters. The fourth-order valence-electron chi connectivity index (χ4n) is 3.14. The van der Waals surface area contributed by atoms with Crippen molar-refractivity contribution >= 4 is 17.4 Å². The number of aromatic nitrogens is 2. The molecule has 2 heterocycles. The average molecular weight is 354 g/mol. The van der Waals surface area contributed by atoms with E-state index in [9.17, 15) is 9.59 Å². The Morgan fingerprint density at radius 1 is 1.27 bits per heavy atom. The van der Waals surface area contributed by atoms with Crippen LogP contribution in [-0.4, -0.2) is 26.3 Å². The molecule has 0 amide bonds. The molecule has 136 valence electrons. The van der Waals surface area contributed by atoms with Crippen molar-refractivity contribution in [3.05, 3.63) is 56.8 Å². The number of fused-ring (bicyclic) bond motifs is 1. The summed E-state index contributed by atoms with van der Waals surface area (Å²) in [5.74, 6) is -0.842. The number of rotatable bonds is 3. The summed E-state index contributed by atoms with van der Waals surface area (Å²) in [6, 6.07) is 4.01. The highest BCUT2D eigenvalue weighted by molar-refractivity contribution is 5.99. The van der Waals surface area contributed by atoms with E-state index in [0.29, 0.717) is 24.4 Å². The predicted molar refractivity (Wildman–Crippen MR) is 100 cm³/mol. The van der Waals surface area contributed by atoms with Gasteiger partial charge in [0.1, 0.15) is 11.3 Å². The molecular formula is C19H22N4O3. The third kappa shape index (κ3) is 3.12. The van der Waals surface area contributed by atoms with Gasteiger partial charge >= 0.3 is 5.97 Å². The molecule has 0 aliphatic carbocycles. The van der Waals surface area contributed by atoms with E-state index in [2.05, 4.69) is 28.5 Å². The number of anilines is 1. The van der Waals surface area contributed by atoms with Gasteiger partial charge in [0, 0.05) is 12.2 Å². The second-order valence-electron chi connectivity index (χ2n) is 6.79. The number of nitrogens with one attached hydrogen (secondary N) is 1. The summed E-state index contributed by atoms with van der Waals surface area (Å²) in [6.07, 6.45) is 2.48. The molecule has 0 saturated carbocycles. The van der Waals surface area contributed by atoms with Crippen LogP contribution in [0, 0.1) is 20.8 Å². The zero-order valence-corrected chi connectivity index (χ0v) is 15.3. The van der Waals surface area contributed by atoms with Crippen molar-refractivity contribution in [1.82, 2.24) is 9.55 Å². The lowest BCUT2D eigenvalue weighted by molar-refractivity contribution is 0.0693.